The summed E-state index contributed by atoms with van der Waals surface area (Å²) >= 11 is 0. The number of hydrogen-bond acceptors (Lipinski definition) is 5. The molecular formula is C25H38N4O. The lowest BCUT2D eigenvalue weighted by atomic mass is 9.92. The predicted molar refractivity (Wildman–Crippen MR) is 126 cm³/mol. The summed E-state index contributed by atoms with van der Waals surface area (Å²) in [6.45, 7) is 6.82. The maximum absolute atomic E-state index is 6.14. The van der Waals surface area contributed by atoms with E-state index in [4.69, 9.17) is 10.5 Å². The zero-order valence-corrected chi connectivity index (χ0v) is 18.9. The second kappa shape index (κ2) is 11.2. The van der Waals surface area contributed by atoms with E-state index in [2.05, 4.69) is 47.2 Å². The maximum Gasteiger partial charge on any atom is 0.124 e. The van der Waals surface area contributed by atoms with Crippen molar-refractivity contribution in [2.45, 2.75) is 65.0 Å². The van der Waals surface area contributed by atoms with Crippen molar-refractivity contribution in [1.29, 1.82) is 0 Å². The van der Waals surface area contributed by atoms with Crippen molar-refractivity contribution in [3.05, 3.63) is 47.8 Å². The fourth-order valence-corrected chi connectivity index (χ4v) is 4.87. The summed E-state index contributed by atoms with van der Waals surface area (Å²) in [4.78, 5) is 7.21. The van der Waals surface area contributed by atoms with Gasteiger partial charge in [-0.1, -0.05) is 32.8 Å². The number of likely N-dealkylation sites (N-methyl/N-ethyl adjacent to an activating group) is 1. The van der Waals surface area contributed by atoms with Gasteiger partial charge in [0.1, 0.15) is 12.4 Å². The molecule has 3 N–H and O–H groups in total. The normalized spacial score (nSPS) is 15.3. The molecule has 1 saturated carbocycles. The van der Waals surface area contributed by atoms with E-state index in [0.29, 0.717) is 12.6 Å². The molecule has 0 aliphatic heterocycles. The topological polar surface area (TPSA) is 63.4 Å². The van der Waals surface area contributed by atoms with E-state index >= 15 is 0 Å². The number of nitrogens with zero attached hydrogens (tertiary/aromatic N) is 2. The van der Waals surface area contributed by atoms with E-state index in [1.165, 1.54) is 36.9 Å². The third-order valence-electron chi connectivity index (χ3n) is 6.32. The fourth-order valence-electron chi connectivity index (χ4n) is 4.87. The Labute approximate surface area is 182 Å². The Morgan fingerprint density at radius 3 is 2.70 bits per heavy atom. The number of aromatic nitrogens is 1. The van der Waals surface area contributed by atoms with Gasteiger partial charge in [0.05, 0.1) is 12.2 Å². The summed E-state index contributed by atoms with van der Waals surface area (Å²) in [7, 11) is 1.95. The number of pyridine rings is 1. The first-order chi connectivity index (χ1) is 14.7. The summed E-state index contributed by atoms with van der Waals surface area (Å²) in [6, 6.07) is 10.8. The zero-order chi connectivity index (χ0) is 21.3. The molecule has 5 nitrogen and oxygen atoms in total. The summed E-state index contributed by atoms with van der Waals surface area (Å²) in [5.74, 6) is 1.73. The molecule has 2 aromatic rings. The molecule has 1 aliphatic rings. The molecular weight excluding hydrogens is 372 g/mol. The lowest BCUT2D eigenvalue weighted by Gasteiger charge is -2.38. The zero-order valence-electron chi connectivity index (χ0n) is 18.9. The van der Waals surface area contributed by atoms with Gasteiger partial charge in [0.2, 0.25) is 0 Å². The fraction of sp³-hybridized carbons (Fsp3) is 0.560. The van der Waals surface area contributed by atoms with Gasteiger partial charge in [-0.15, -0.1) is 0 Å². The molecule has 1 aromatic heterocycles. The van der Waals surface area contributed by atoms with Crippen molar-refractivity contribution in [2.24, 2.45) is 5.92 Å². The van der Waals surface area contributed by atoms with Crippen LogP contribution < -0.4 is 20.7 Å². The summed E-state index contributed by atoms with van der Waals surface area (Å²) < 4.78 is 6.14. The molecule has 0 bridgehead atoms. The molecule has 1 aliphatic carbocycles. The Balaban J connectivity index is 1.99. The first-order valence-electron chi connectivity index (χ1n) is 11.5. The van der Waals surface area contributed by atoms with Crippen LogP contribution in [0, 0.1) is 5.92 Å². The summed E-state index contributed by atoms with van der Waals surface area (Å²) in [5.41, 5.74) is 10.4. The van der Waals surface area contributed by atoms with Crippen molar-refractivity contribution >= 4 is 11.4 Å². The summed E-state index contributed by atoms with van der Waals surface area (Å²) in [6.07, 6.45) is 9.21. The molecule has 5 heteroatoms. The van der Waals surface area contributed by atoms with Gasteiger partial charge in [0.25, 0.3) is 0 Å². The van der Waals surface area contributed by atoms with Crippen LogP contribution in [-0.2, 0) is 13.0 Å². The predicted octanol–water partition coefficient (Wildman–Crippen LogP) is 4.80. The van der Waals surface area contributed by atoms with Gasteiger partial charge in [0, 0.05) is 35.7 Å². The number of ether oxygens (including phenoxy) is 1. The lowest BCUT2D eigenvalue weighted by molar-refractivity contribution is 0.315. The molecule has 0 saturated heterocycles. The van der Waals surface area contributed by atoms with Crippen LogP contribution in [-0.4, -0.2) is 31.2 Å². The first kappa shape index (κ1) is 22.4. The minimum Gasteiger partial charge on any atom is -0.492 e. The van der Waals surface area contributed by atoms with Crippen LogP contribution in [0.4, 0.5) is 11.4 Å². The third-order valence-corrected chi connectivity index (χ3v) is 6.32. The number of nitrogens with two attached hydrogens (primary N) is 1. The highest BCUT2D eigenvalue weighted by atomic mass is 16.5. The number of hydrogen-bond donors (Lipinski definition) is 2. The quantitative estimate of drug-likeness (QED) is 0.521. The van der Waals surface area contributed by atoms with Crippen LogP contribution in [0.5, 0.6) is 5.75 Å². The third kappa shape index (κ3) is 5.45. The van der Waals surface area contributed by atoms with Crippen LogP contribution >= 0.6 is 0 Å². The van der Waals surface area contributed by atoms with E-state index < -0.39 is 0 Å². The lowest BCUT2D eigenvalue weighted by Crippen LogP contribution is -2.40. The molecule has 1 aromatic carbocycles. The van der Waals surface area contributed by atoms with Crippen molar-refractivity contribution in [1.82, 2.24) is 10.3 Å². The Morgan fingerprint density at radius 1 is 1.23 bits per heavy atom. The standard InChI is InChI=1S/C25H38N4O/c1-4-22-24(11-8-12-25(22)30-16-15-27-3)29(18-21-17-20(26)13-14-28-21)23(5-2)19-9-6-7-10-19/h8,11-14,17,19,23,27H,4-7,9-10,15-16,18H2,1-3H3,(H2,26,28). The molecule has 164 valence electrons. The number of rotatable bonds is 11. The highest BCUT2D eigenvalue weighted by molar-refractivity contribution is 5.60. The summed E-state index contributed by atoms with van der Waals surface area (Å²) in [5, 5.41) is 3.16. The highest BCUT2D eigenvalue weighted by Crippen LogP contribution is 2.38. The molecule has 0 radical (unpaired) electrons. The van der Waals surface area contributed by atoms with Crippen LogP contribution in [0.2, 0.25) is 0 Å². The van der Waals surface area contributed by atoms with Gasteiger partial charge in [0.15, 0.2) is 0 Å². The second-order valence-corrected chi connectivity index (χ2v) is 8.29. The number of benzene rings is 1. The molecule has 3 rings (SSSR count). The van der Waals surface area contributed by atoms with Crippen LogP contribution in [0.25, 0.3) is 0 Å². The Morgan fingerprint density at radius 2 is 2.03 bits per heavy atom. The van der Waals surface area contributed by atoms with Gasteiger partial charge >= 0.3 is 0 Å². The number of nitrogens with one attached hydrogen (secondary N) is 1. The maximum atomic E-state index is 6.14. The minimum absolute atomic E-state index is 0.494. The molecule has 0 spiro atoms. The monoisotopic (exact) mass is 410 g/mol. The molecule has 1 atom stereocenters. The molecule has 1 unspecified atom stereocenters. The van der Waals surface area contributed by atoms with Gasteiger partial charge in [-0.25, -0.2) is 0 Å². The van der Waals surface area contributed by atoms with E-state index in [0.717, 1.165) is 49.0 Å². The number of anilines is 2. The number of nitrogen functional groups attached to an aromatic ring is 1. The van der Waals surface area contributed by atoms with E-state index in [1.54, 1.807) is 0 Å². The van der Waals surface area contributed by atoms with Gasteiger partial charge in [-0.05, 0) is 62.9 Å². The van der Waals surface area contributed by atoms with Crippen molar-refractivity contribution < 1.29 is 4.74 Å². The average molecular weight is 411 g/mol. The Kier molecular flexibility index (Phi) is 8.38. The van der Waals surface area contributed by atoms with Crippen molar-refractivity contribution in [3.63, 3.8) is 0 Å². The largest absolute Gasteiger partial charge is 0.492 e. The Hall–Kier alpha value is -2.27. The first-order valence-corrected chi connectivity index (χ1v) is 11.5. The SMILES string of the molecule is CCc1c(OCCNC)cccc1N(Cc1cc(N)ccn1)C(CC)C1CCCC1. The van der Waals surface area contributed by atoms with Crippen LogP contribution in [0.3, 0.4) is 0 Å². The smallest absolute Gasteiger partial charge is 0.124 e. The van der Waals surface area contributed by atoms with Gasteiger partial charge in [-0.3, -0.25) is 4.98 Å². The average Bonchev–Trinajstić information content (AvgIpc) is 3.28. The molecule has 30 heavy (non-hydrogen) atoms. The van der Waals surface area contributed by atoms with Crippen LogP contribution in [0.15, 0.2) is 36.5 Å². The highest BCUT2D eigenvalue weighted by Gasteiger charge is 2.30. The Bertz CT molecular complexity index is 788. The van der Waals surface area contributed by atoms with Crippen LogP contribution in [0.1, 0.15) is 57.2 Å². The van der Waals surface area contributed by atoms with Crippen molar-refractivity contribution in [3.8, 4) is 5.75 Å². The molecule has 1 heterocycles. The van der Waals surface area contributed by atoms with E-state index in [-0.39, 0.29) is 0 Å². The van der Waals surface area contributed by atoms with Gasteiger partial charge < -0.3 is 20.7 Å². The van der Waals surface area contributed by atoms with E-state index in [1.807, 2.05) is 25.4 Å². The minimum atomic E-state index is 0.494. The van der Waals surface area contributed by atoms with E-state index in [9.17, 15) is 0 Å². The molecule has 1 fully saturated rings. The second-order valence-electron chi connectivity index (χ2n) is 8.29. The van der Waals surface area contributed by atoms with Gasteiger partial charge in [-0.2, -0.15) is 0 Å². The molecule has 0 amide bonds. The van der Waals surface area contributed by atoms with Crippen molar-refractivity contribution in [2.75, 3.05) is 30.8 Å².